The number of benzene rings is 1. The number of nitrogens with one attached hydrogen (secondary N) is 3. The van der Waals surface area contributed by atoms with Crippen LogP contribution in [-0.2, 0) is 25.6 Å². The summed E-state index contributed by atoms with van der Waals surface area (Å²) >= 11 is 8.00. The van der Waals surface area contributed by atoms with Gasteiger partial charge in [-0.05, 0) is 24.1 Å². The van der Waals surface area contributed by atoms with Crippen LogP contribution in [0.5, 0.6) is 5.75 Å². The summed E-state index contributed by atoms with van der Waals surface area (Å²) in [7, 11) is 0. The number of carboxylic acid groups (broad SMARTS) is 1. The van der Waals surface area contributed by atoms with Gasteiger partial charge in [-0.3, -0.25) is 14.4 Å². The van der Waals surface area contributed by atoms with E-state index in [1.54, 1.807) is 12.1 Å². The molecule has 0 fully saturated rings. The summed E-state index contributed by atoms with van der Waals surface area (Å²) in [6, 6.07) is 1.28. The summed E-state index contributed by atoms with van der Waals surface area (Å²) in [6.45, 7) is -0.831. The lowest BCUT2D eigenvalue weighted by Gasteiger charge is -2.23. The third-order valence-electron chi connectivity index (χ3n) is 4.16. The van der Waals surface area contributed by atoms with Crippen molar-refractivity contribution in [1.29, 1.82) is 0 Å². The van der Waals surface area contributed by atoms with Crippen molar-refractivity contribution in [3.05, 3.63) is 29.8 Å². The van der Waals surface area contributed by atoms with Gasteiger partial charge in [0.15, 0.2) is 0 Å². The predicted molar refractivity (Wildman–Crippen MR) is 118 cm³/mol. The first-order valence-electron chi connectivity index (χ1n) is 9.12. The molecule has 0 bridgehead atoms. The number of carbonyl (C=O) groups excluding carboxylic acids is 3. The molecule has 0 aliphatic heterocycles. The van der Waals surface area contributed by atoms with Crippen LogP contribution in [0.2, 0.25) is 0 Å². The fourth-order valence-electron chi connectivity index (χ4n) is 2.38. The number of phenolic OH excluding ortho intramolecular Hbond substituents is 1. The number of aliphatic hydroxyl groups excluding tert-OH is 1. The maximum absolute atomic E-state index is 12.5. The zero-order valence-corrected chi connectivity index (χ0v) is 18.2. The van der Waals surface area contributed by atoms with Gasteiger partial charge in [0.2, 0.25) is 17.7 Å². The maximum atomic E-state index is 12.5. The number of aromatic hydroxyl groups is 1. The standard InChI is InChI=1S/C18H26N4O7S2/c19-11(5-9-1-3-10(24)4-2-9)15(25)21-13(7-30)17(27)22-14(8-31)16(26)20-12(6-23)18(28)29/h1-4,11-14,23-24,30-31H,5-8,19H2,(H,20,26)(H,21,25)(H,22,27)(H,28,29). The second-order valence-corrected chi connectivity index (χ2v) is 7.28. The Morgan fingerprint density at radius 3 is 1.74 bits per heavy atom. The Morgan fingerprint density at radius 1 is 0.871 bits per heavy atom. The molecular formula is C18H26N4O7S2. The van der Waals surface area contributed by atoms with Crippen LogP contribution < -0.4 is 21.7 Å². The Bertz CT molecular complexity index is 779. The fourth-order valence-corrected chi connectivity index (χ4v) is 2.89. The van der Waals surface area contributed by atoms with Crippen molar-refractivity contribution in [3.8, 4) is 5.75 Å². The van der Waals surface area contributed by atoms with Crippen LogP contribution in [0, 0.1) is 0 Å². The molecule has 0 radical (unpaired) electrons. The van der Waals surface area contributed by atoms with Crippen molar-refractivity contribution in [1.82, 2.24) is 16.0 Å². The van der Waals surface area contributed by atoms with Gasteiger partial charge in [0.25, 0.3) is 0 Å². The number of carboxylic acids is 1. The van der Waals surface area contributed by atoms with E-state index in [-0.39, 0.29) is 23.7 Å². The summed E-state index contributed by atoms with van der Waals surface area (Å²) in [4.78, 5) is 47.9. The van der Waals surface area contributed by atoms with E-state index in [2.05, 4.69) is 41.2 Å². The molecule has 0 saturated heterocycles. The molecule has 0 aliphatic rings. The summed E-state index contributed by atoms with van der Waals surface area (Å²) in [5.74, 6) is -3.86. The van der Waals surface area contributed by atoms with Crippen LogP contribution >= 0.6 is 25.3 Å². The van der Waals surface area contributed by atoms with Gasteiger partial charge in [-0.1, -0.05) is 12.1 Å². The number of amides is 3. The SMILES string of the molecule is NC(Cc1ccc(O)cc1)C(=O)NC(CS)C(=O)NC(CS)C(=O)NC(CO)C(=O)O. The van der Waals surface area contributed by atoms with Gasteiger partial charge in [-0.25, -0.2) is 4.79 Å². The quantitative estimate of drug-likeness (QED) is 0.150. The molecule has 0 aliphatic carbocycles. The molecule has 0 saturated carbocycles. The predicted octanol–water partition coefficient (Wildman–Crippen LogP) is -2.35. The van der Waals surface area contributed by atoms with Gasteiger partial charge in [0.1, 0.15) is 23.9 Å². The van der Waals surface area contributed by atoms with Gasteiger partial charge in [-0.15, -0.1) is 0 Å². The minimum Gasteiger partial charge on any atom is -0.508 e. The number of carbonyl (C=O) groups is 4. The van der Waals surface area contributed by atoms with Crippen molar-refractivity contribution in [3.63, 3.8) is 0 Å². The average Bonchev–Trinajstić information content (AvgIpc) is 2.74. The lowest BCUT2D eigenvalue weighted by molar-refractivity contribution is -0.143. The van der Waals surface area contributed by atoms with Crippen LogP contribution in [0.3, 0.4) is 0 Å². The lowest BCUT2D eigenvalue weighted by atomic mass is 10.1. The first kappa shape index (κ1) is 26.6. The van der Waals surface area contributed by atoms with Gasteiger partial charge in [0.05, 0.1) is 12.6 Å². The van der Waals surface area contributed by atoms with Gasteiger partial charge < -0.3 is 37.0 Å². The van der Waals surface area contributed by atoms with Crippen LogP contribution in [0.15, 0.2) is 24.3 Å². The molecule has 4 unspecified atom stereocenters. The summed E-state index contributed by atoms with van der Waals surface area (Å²) < 4.78 is 0. The molecule has 0 spiro atoms. The van der Waals surface area contributed by atoms with Crippen LogP contribution in [0.1, 0.15) is 5.56 Å². The number of aliphatic hydroxyl groups is 1. The topological polar surface area (TPSA) is 191 Å². The Labute approximate surface area is 189 Å². The number of hydrogen-bond donors (Lipinski definition) is 9. The smallest absolute Gasteiger partial charge is 0.328 e. The highest BCUT2D eigenvalue weighted by molar-refractivity contribution is 7.80. The van der Waals surface area contributed by atoms with E-state index < -0.39 is 54.5 Å². The Hall–Kier alpha value is -2.48. The molecule has 0 aromatic heterocycles. The first-order chi connectivity index (χ1) is 14.6. The minimum atomic E-state index is -1.54. The molecule has 172 valence electrons. The van der Waals surface area contributed by atoms with Crippen LogP contribution in [-0.4, -0.2) is 81.3 Å². The molecule has 4 atom stereocenters. The largest absolute Gasteiger partial charge is 0.508 e. The number of thiol groups is 2. The van der Waals surface area contributed by atoms with Crippen molar-refractivity contribution in [2.75, 3.05) is 18.1 Å². The van der Waals surface area contributed by atoms with Gasteiger partial charge >= 0.3 is 5.97 Å². The van der Waals surface area contributed by atoms with E-state index in [4.69, 9.17) is 15.9 Å². The third-order valence-corrected chi connectivity index (χ3v) is 4.89. The molecule has 3 amide bonds. The molecule has 8 N–H and O–H groups in total. The molecule has 1 rings (SSSR count). The fraction of sp³-hybridized carbons (Fsp3) is 0.444. The third kappa shape index (κ3) is 8.65. The lowest BCUT2D eigenvalue weighted by Crippen LogP contribution is -2.58. The highest BCUT2D eigenvalue weighted by atomic mass is 32.1. The van der Waals surface area contributed by atoms with Crippen molar-refractivity contribution in [2.24, 2.45) is 5.73 Å². The molecule has 1 aromatic carbocycles. The number of nitrogens with two attached hydrogens (primary N) is 1. The van der Waals surface area contributed by atoms with Crippen molar-refractivity contribution in [2.45, 2.75) is 30.6 Å². The minimum absolute atomic E-state index is 0.0741. The average molecular weight is 475 g/mol. The van der Waals surface area contributed by atoms with E-state index in [0.29, 0.717) is 5.56 Å². The van der Waals surface area contributed by atoms with Crippen LogP contribution in [0.4, 0.5) is 0 Å². The zero-order chi connectivity index (χ0) is 23.6. The number of phenols is 1. The van der Waals surface area contributed by atoms with Crippen molar-refractivity contribution >= 4 is 48.9 Å². The summed E-state index contributed by atoms with van der Waals surface area (Å²) in [5, 5.41) is 34.0. The van der Waals surface area contributed by atoms with Gasteiger partial charge in [0, 0.05) is 11.5 Å². The van der Waals surface area contributed by atoms with E-state index in [1.807, 2.05) is 0 Å². The maximum Gasteiger partial charge on any atom is 0.328 e. The Balaban J connectivity index is 2.69. The Morgan fingerprint density at radius 2 is 1.32 bits per heavy atom. The highest BCUT2D eigenvalue weighted by Gasteiger charge is 2.29. The van der Waals surface area contributed by atoms with E-state index in [9.17, 15) is 24.3 Å². The number of aliphatic carboxylic acids is 1. The summed E-state index contributed by atoms with van der Waals surface area (Å²) in [6.07, 6.45) is 0.159. The molecule has 0 heterocycles. The molecular weight excluding hydrogens is 448 g/mol. The highest BCUT2D eigenvalue weighted by Crippen LogP contribution is 2.11. The summed E-state index contributed by atoms with van der Waals surface area (Å²) in [5.41, 5.74) is 6.58. The van der Waals surface area contributed by atoms with E-state index in [0.717, 1.165) is 0 Å². The van der Waals surface area contributed by atoms with E-state index in [1.165, 1.54) is 12.1 Å². The normalized spacial score (nSPS) is 14.6. The molecule has 13 heteroatoms. The molecule has 31 heavy (non-hydrogen) atoms. The van der Waals surface area contributed by atoms with Gasteiger partial charge in [-0.2, -0.15) is 25.3 Å². The second kappa shape index (κ2) is 13.0. The number of rotatable bonds is 12. The monoisotopic (exact) mass is 474 g/mol. The Kier molecular flexibility index (Phi) is 11.2. The van der Waals surface area contributed by atoms with Crippen molar-refractivity contribution < 1.29 is 34.5 Å². The molecule has 1 aromatic rings. The second-order valence-electron chi connectivity index (χ2n) is 6.55. The number of hydrogen-bond acceptors (Lipinski definition) is 9. The van der Waals surface area contributed by atoms with Crippen LogP contribution in [0.25, 0.3) is 0 Å². The first-order valence-corrected chi connectivity index (χ1v) is 10.4. The van der Waals surface area contributed by atoms with E-state index >= 15 is 0 Å². The zero-order valence-electron chi connectivity index (χ0n) is 16.4. The molecule has 11 nitrogen and oxygen atoms in total.